The van der Waals surface area contributed by atoms with Crippen LogP contribution in [-0.2, 0) is 5.11 Å². The summed E-state index contributed by atoms with van der Waals surface area (Å²) in [5.74, 6) is -1.14. The van der Waals surface area contributed by atoms with Crippen molar-refractivity contribution in [3.63, 3.8) is 0 Å². The Morgan fingerprint density at radius 3 is 2.30 bits per heavy atom. The molecule has 0 heterocycles. The van der Waals surface area contributed by atoms with Crippen molar-refractivity contribution in [2.75, 3.05) is 0 Å². The zero-order chi connectivity index (χ0) is 7.72. The highest BCUT2D eigenvalue weighted by atomic mass is 35.5. The van der Waals surface area contributed by atoms with Crippen molar-refractivity contribution < 1.29 is 9.50 Å². The molecule has 10 heavy (non-hydrogen) atoms. The number of hydrogen-bond donors (Lipinski definition) is 0. The van der Waals surface area contributed by atoms with E-state index in [0.717, 1.165) is 12.1 Å². The van der Waals surface area contributed by atoms with Gasteiger partial charge >= 0.3 is 0 Å². The molecule has 0 aromatic heterocycles. The van der Waals surface area contributed by atoms with Gasteiger partial charge in [-0.1, -0.05) is 23.2 Å². The fraction of sp³-hybridized carbons (Fsp3) is 0. The van der Waals surface area contributed by atoms with Gasteiger partial charge < -0.3 is 0 Å². The lowest BCUT2D eigenvalue weighted by molar-refractivity contribution is 0.354. The third-order valence-electron chi connectivity index (χ3n) is 0.975. The molecule has 0 aliphatic heterocycles. The molecule has 1 nitrogen and oxygen atoms in total. The van der Waals surface area contributed by atoms with E-state index in [1.807, 2.05) is 0 Å². The van der Waals surface area contributed by atoms with Crippen molar-refractivity contribution in [2.45, 2.75) is 0 Å². The van der Waals surface area contributed by atoms with E-state index in [1.54, 1.807) is 0 Å². The van der Waals surface area contributed by atoms with Crippen molar-refractivity contribution in [3.8, 4) is 5.75 Å². The molecular weight excluding hydrogens is 178 g/mol. The lowest BCUT2D eigenvalue weighted by atomic mass is 10.3. The van der Waals surface area contributed by atoms with E-state index in [4.69, 9.17) is 23.2 Å². The van der Waals surface area contributed by atoms with E-state index >= 15 is 0 Å². The Kier molecular flexibility index (Phi) is 2.02. The maximum atomic E-state index is 12.4. The van der Waals surface area contributed by atoms with Gasteiger partial charge in [0, 0.05) is 6.07 Å². The Labute approximate surface area is 67.0 Å². The second kappa shape index (κ2) is 2.64. The van der Waals surface area contributed by atoms with Crippen molar-refractivity contribution in [1.29, 1.82) is 0 Å². The summed E-state index contributed by atoms with van der Waals surface area (Å²) in [6.07, 6.45) is 0. The first-order valence-corrected chi connectivity index (χ1v) is 3.18. The third-order valence-corrected chi connectivity index (χ3v) is 1.56. The lowest BCUT2D eigenvalue weighted by Crippen LogP contribution is -1.75. The topological polar surface area (TPSA) is 19.9 Å². The molecule has 4 heteroatoms. The molecule has 0 N–H and O–H groups in total. The monoisotopic (exact) mass is 179 g/mol. The molecule has 0 saturated carbocycles. The molecule has 0 unspecified atom stereocenters. The SMILES string of the molecule is [O]c1cc(Cl)c(F)cc1Cl. The fourth-order valence-corrected chi connectivity index (χ4v) is 0.808. The van der Waals surface area contributed by atoms with Gasteiger partial charge in [-0.15, -0.1) is 0 Å². The van der Waals surface area contributed by atoms with Crippen LogP contribution in [0.5, 0.6) is 5.75 Å². The molecule has 1 aromatic rings. The van der Waals surface area contributed by atoms with E-state index in [1.165, 1.54) is 0 Å². The average molecular weight is 180 g/mol. The Morgan fingerprint density at radius 2 is 1.80 bits per heavy atom. The summed E-state index contributed by atoms with van der Waals surface area (Å²) in [5.41, 5.74) is 0. The first-order chi connectivity index (χ1) is 4.61. The summed E-state index contributed by atoms with van der Waals surface area (Å²) < 4.78 is 12.4. The predicted octanol–water partition coefficient (Wildman–Crippen LogP) is 3.28. The molecule has 0 amide bonds. The van der Waals surface area contributed by atoms with Gasteiger partial charge in [0.05, 0.1) is 10.0 Å². The summed E-state index contributed by atoms with van der Waals surface area (Å²) in [4.78, 5) is 0. The van der Waals surface area contributed by atoms with Crippen LogP contribution >= 0.6 is 23.2 Å². The molecule has 53 valence electrons. The molecule has 0 atom stereocenters. The minimum Gasteiger partial charge on any atom is -0.288 e. The van der Waals surface area contributed by atoms with Gasteiger partial charge in [0.15, 0.2) is 5.75 Å². The van der Waals surface area contributed by atoms with Crippen molar-refractivity contribution in [1.82, 2.24) is 0 Å². The summed E-state index contributed by atoms with van der Waals surface area (Å²) in [6, 6.07) is 1.84. The van der Waals surface area contributed by atoms with Gasteiger partial charge in [0.2, 0.25) is 0 Å². The number of rotatable bonds is 0. The highest BCUT2D eigenvalue weighted by Crippen LogP contribution is 2.29. The molecular formula is C6H2Cl2FO. The van der Waals surface area contributed by atoms with Gasteiger partial charge in [-0.25, -0.2) is 4.39 Å². The van der Waals surface area contributed by atoms with E-state index in [-0.39, 0.29) is 10.0 Å². The van der Waals surface area contributed by atoms with Crippen molar-refractivity contribution in [3.05, 3.63) is 28.0 Å². The van der Waals surface area contributed by atoms with Crippen LogP contribution in [0.1, 0.15) is 0 Å². The Bertz CT molecular complexity index is 212. The van der Waals surface area contributed by atoms with Gasteiger partial charge in [-0.3, -0.25) is 5.11 Å². The van der Waals surface area contributed by atoms with E-state index in [0.29, 0.717) is 0 Å². The standard InChI is InChI=1S/C6H2Cl2FO/c7-3-2-6(10)4(8)1-5(3)9/h1-2H. The summed E-state index contributed by atoms with van der Waals surface area (Å²) >= 11 is 10.5. The van der Waals surface area contributed by atoms with Crippen LogP contribution in [0.3, 0.4) is 0 Å². The fourth-order valence-electron chi connectivity index (χ4n) is 0.504. The molecule has 0 aliphatic carbocycles. The van der Waals surface area contributed by atoms with Gasteiger partial charge in [0.25, 0.3) is 0 Å². The zero-order valence-electron chi connectivity index (χ0n) is 4.70. The van der Waals surface area contributed by atoms with Crippen LogP contribution in [0.25, 0.3) is 0 Å². The normalized spacial score (nSPS) is 9.90. The minimum atomic E-state index is -0.675. The molecule has 1 rings (SSSR count). The minimum absolute atomic E-state index is 0.151. The largest absolute Gasteiger partial charge is 0.288 e. The van der Waals surface area contributed by atoms with Gasteiger partial charge in [0.1, 0.15) is 5.82 Å². The van der Waals surface area contributed by atoms with Crippen LogP contribution in [-0.4, -0.2) is 0 Å². The smallest absolute Gasteiger partial charge is 0.198 e. The predicted molar refractivity (Wildman–Crippen MR) is 36.6 cm³/mol. The third kappa shape index (κ3) is 1.33. The van der Waals surface area contributed by atoms with E-state index in [2.05, 4.69) is 0 Å². The van der Waals surface area contributed by atoms with Crippen LogP contribution in [0.15, 0.2) is 12.1 Å². The first-order valence-electron chi connectivity index (χ1n) is 2.43. The van der Waals surface area contributed by atoms with Crippen LogP contribution in [0.2, 0.25) is 10.0 Å². The van der Waals surface area contributed by atoms with Crippen LogP contribution in [0.4, 0.5) is 4.39 Å². The zero-order valence-corrected chi connectivity index (χ0v) is 6.21. The number of hydrogen-bond acceptors (Lipinski definition) is 0. The summed E-state index contributed by atoms with van der Waals surface area (Å²) in [6.45, 7) is 0. The molecule has 0 aliphatic rings. The van der Waals surface area contributed by atoms with Crippen LogP contribution in [0, 0.1) is 5.82 Å². The summed E-state index contributed by atoms with van der Waals surface area (Å²) in [7, 11) is 0. The van der Waals surface area contributed by atoms with Crippen molar-refractivity contribution >= 4 is 23.2 Å². The van der Waals surface area contributed by atoms with Gasteiger partial charge in [-0.05, 0) is 6.07 Å². The molecule has 0 bridgehead atoms. The van der Waals surface area contributed by atoms with E-state index < -0.39 is 11.6 Å². The number of benzene rings is 1. The van der Waals surface area contributed by atoms with Gasteiger partial charge in [-0.2, -0.15) is 0 Å². The molecule has 1 aromatic carbocycles. The number of halogens is 3. The maximum Gasteiger partial charge on any atom is 0.198 e. The Hall–Kier alpha value is -0.470. The van der Waals surface area contributed by atoms with Crippen LogP contribution < -0.4 is 0 Å². The summed E-state index contributed by atoms with van der Waals surface area (Å²) in [5, 5.41) is 10.3. The second-order valence-corrected chi connectivity index (χ2v) is 2.51. The Balaban J connectivity index is 3.28. The highest BCUT2D eigenvalue weighted by molar-refractivity contribution is 6.34. The average Bonchev–Trinajstić information content (AvgIpc) is 1.84. The highest BCUT2D eigenvalue weighted by Gasteiger charge is 2.06. The first kappa shape index (κ1) is 7.63. The van der Waals surface area contributed by atoms with E-state index in [9.17, 15) is 9.50 Å². The molecule has 0 saturated heterocycles. The van der Waals surface area contributed by atoms with Crippen molar-refractivity contribution in [2.24, 2.45) is 0 Å². The molecule has 0 spiro atoms. The molecule has 0 fully saturated rings. The second-order valence-electron chi connectivity index (χ2n) is 1.70. The lowest BCUT2D eigenvalue weighted by Gasteiger charge is -1.94. The maximum absolute atomic E-state index is 12.4. The Morgan fingerprint density at radius 1 is 1.20 bits per heavy atom. The molecule has 1 radical (unpaired) electrons. The quantitative estimate of drug-likeness (QED) is 0.546.